The summed E-state index contributed by atoms with van der Waals surface area (Å²) in [4.78, 5) is 15.7. The minimum absolute atomic E-state index is 0.0741. The number of rotatable bonds is 5. The fourth-order valence-electron chi connectivity index (χ4n) is 5.26. The molecule has 0 aliphatic carbocycles. The zero-order chi connectivity index (χ0) is 26.0. The third kappa shape index (κ3) is 7.67. The number of hydrogen-bond donors (Lipinski definition) is 2. The van der Waals surface area contributed by atoms with Crippen molar-refractivity contribution in [2.45, 2.75) is 45.3 Å². The first kappa shape index (κ1) is 26.4. The van der Waals surface area contributed by atoms with Crippen molar-refractivity contribution >= 4 is 5.91 Å². The fraction of sp³-hybridized carbons (Fsp3) is 0.406. The van der Waals surface area contributed by atoms with E-state index in [2.05, 4.69) is 64.1 Å². The molecule has 6 nitrogen and oxygen atoms in total. The van der Waals surface area contributed by atoms with Gasteiger partial charge in [0.05, 0.1) is 13.2 Å². The molecule has 6 heteroatoms. The Bertz CT molecular complexity index is 1210. The fourth-order valence-corrected chi connectivity index (χ4v) is 5.26. The molecular formula is C32H39N3O3. The van der Waals surface area contributed by atoms with Crippen LogP contribution in [0, 0.1) is 0 Å². The monoisotopic (exact) mass is 513 g/mol. The second-order valence-corrected chi connectivity index (χ2v) is 10.3. The van der Waals surface area contributed by atoms with Crippen LogP contribution in [0.25, 0.3) is 0 Å². The molecule has 2 aliphatic rings. The lowest BCUT2D eigenvalue weighted by molar-refractivity contribution is 0.0949. The van der Waals surface area contributed by atoms with Crippen LogP contribution in [0.4, 0.5) is 0 Å². The molecule has 0 spiro atoms. The maximum Gasteiger partial charge on any atom is 0.251 e. The van der Waals surface area contributed by atoms with Crippen LogP contribution in [0.5, 0.6) is 5.75 Å². The Hall–Kier alpha value is -3.19. The van der Waals surface area contributed by atoms with Gasteiger partial charge in [0.15, 0.2) is 0 Å². The summed E-state index contributed by atoms with van der Waals surface area (Å²) in [6, 6.07) is 22.9. The number of piperidine rings is 1. The van der Waals surface area contributed by atoms with Crippen LogP contribution in [-0.2, 0) is 30.8 Å². The average molecular weight is 514 g/mol. The van der Waals surface area contributed by atoms with Crippen LogP contribution in [-0.4, -0.2) is 50.3 Å². The summed E-state index contributed by atoms with van der Waals surface area (Å²) in [6.45, 7) is 7.12. The summed E-state index contributed by atoms with van der Waals surface area (Å²) in [5.41, 5.74) is 6.52. The van der Waals surface area contributed by atoms with Crippen LogP contribution < -0.4 is 15.4 Å². The van der Waals surface area contributed by atoms with Crippen LogP contribution in [0.15, 0.2) is 66.7 Å². The van der Waals surface area contributed by atoms with Gasteiger partial charge in [-0.3, -0.25) is 9.69 Å². The first-order valence-electron chi connectivity index (χ1n) is 13.9. The van der Waals surface area contributed by atoms with Crippen LogP contribution in [0.3, 0.4) is 0 Å². The van der Waals surface area contributed by atoms with E-state index in [9.17, 15) is 4.79 Å². The van der Waals surface area contributed by atoms with Gasteiger partial charge in [-0.25, -0.2) is 0 Å². The van der Waals surface area contributed by atoms with Gasteiger partial charge in [-0.2, -0.15) is 0 Å². The van der Waals surface area contributed by atoms with Crippen molar-refractivity contribution in [2.24, 2.45) is 0 Å². The van der Waals surface area contributed by atoms with Crippen LogP contribution in [0.2, 0.25) is 0 Å². The van der Waals surface area contributed by atoms with E-state index in [1.165, 1.54) is 49.0 Å². The molecule has 0 radical (unpaired) electrons. The Morgan fingerprint density at radius 2 is 1.71 bits per heavy atom. The lowest BCUT2D eigenvalue weighted by Gasteiger charge is -2.26. The van der Waals surface area contributed by atoms with Crippen molar-refractivity contribution in [3.05, 3.63) is 100 Å². The third-order valence-corrected chi connectivity index (χ3v) is 7.25. The minimum Gasteiger partial charge on any atom is -0.491 e. The Labute approximate surface area is 226 Å². The van der Waals surface area contributed by atoms with E-state index < -0.39 is 0 Å². The molecule has 38 heavy (non-hydrogen) atoms. The van der Waals surface area contributed by atoms with Crippen LogP contribution in [0.1, 0.15) is 57.4 Å². The molecule has 2 N–H and O–H groups in total. The van der Waals surface area contributed by atoms with Gasteiger partial charge in [-0.1, -0.05) is 55.0 Å². The first-order chi connectivity index (χ1) is 18.7. The topological polar surface area (TPSA) is 62.8 Å². The molecule has 5 rings (SSSR count). The summed E-state index contributed by atoms with van der Waals surface area (Å²) in [5, 5.41) is 6.54. The second kappa shape index (κ2) is 13.6. The van der Waals surface area contributed by atoms with Crippen molar-refractivity contribution in [1.29, 1.82) is 0 Å². The van der Waals surface area contributed by atoms with Crippen LogP contribution >= 0.6 is 0 Å². The normalized spacial score (nSPS) is 17.1. The Balaban J connectivity index is 1.26. The molecule has 3 aromatic rings. The largest absolute Gasteiger partial charge is 0.491 e. The Kier molecular flexibility index (Phi) is 9.43. The summed E-state index contributed by atoms with van der Waals surface area (Å²) >= 11 is 0. The maximum atomic E-state index is 13.2. The molecule has 2 aliphatic heterocycles. The van der Waals surface area contributed by atoms with Gasteiger partial charge < -0.3 is 20.1 Å². The number of ether oxygens (including phenoxy) is 2. The number of benzene rings is 3. The van der Waals surface area contributed by atoms with E-state index in [1.807, 2.05) is 18.2 Å². The quantitative estimate of drug-likeness (QED) is 0.518. The lowest BCUT2D eigenvalue weighted by atomic mass is 9.99. The van der Waals surface area contributed by atoms with Crippen molar-refractivity contribution < 1.29 is 14.3 Å². The molecular weight excluding hydrogens is 474 g/mol. The van der Waals surface area contributed by atoms with Gasteiger partial charge in [0.1, 0.15) is 12.4 Å². The minimum atomic E-state index is -0.0741. The number of hydrogen-bond acceptors (Lipinski definition) is 5. The smallest absolute Gasteiger partial charge is 0.251 e. The zero-order valence-electron chi connectivity index (χ0n) is 22.2. The standard InChI is InChI=1S/C32H39N3O3/c36-32(34-23-27-8-5-9-28(19-27)24-35-13-2-1-3-14-35)29-10-11-31-30(21-29)20-25-6-4-7-26(18-25)22-33-12-15-37-16-17-38-31/h4-11,18-19,21,33H,1-3,12-17,20,22-24H2,(H,34,36). The molecule has 0 unspecified atom stereocenters. The molecule has 3 aromatic carbocycles. The molecule has 0 aromatic heterocycles. The van der Waals surface area contributed by atoms with E-state index in [1.54, 1.807) is 0 Å². The molecule has 0 atom stereocenters. The highest BCUT2D eigenvalue weighted by molar-refractivity contribution is 5.94. The number of carbonyl (C=O) groups is 1. The Morgan fingerprint density at radius 3 is 2.63 bits per heavy atom. The summed E-state index contributed by atoms with van der Waals surface area (Å²) in [7, 11) is 0. The summed E-state index contributed by atoms with van der Waals surface area (Å²) in [6.07, 6.45) is 4.62. The van der Waals surface area contributed by atoms with Gasteiger partial charge in [0.25, 0.3) is 5.91 Å². The molecule has 2 heterocycles. The molecule has 200 valence electrons. The van der Waals surface area contributed by atoms with E-state index in [4.69, 9.17) is 9.47 Å². The third-order valence-electron chi connectivity index (χ3n) is 7.25. The zero-order valence-corrected chi connectivity index (χ0v) is 22.2. The van der Waals surface area contributed by atoms with Crippen molar-refractivity contribution in [3.8, 4) is 5.75 Å². The van der Waals surface area contributed by atoms with E-state index in [-0.39, 0.29) is 5.91 Å². The predicted octanol–water partition coefficient (Wildman–Crippen LogP) is 4.69. The number of fused-ring (bicyclic) bond motifs is 3. The van der Waals surface area contributed by atoms with Crippen molar-refractivity contribution in [2.75, 3.05) is 39.5 Å². The maximum absolute atomic E-state index is 13.2. The molecule has 2 bridgehead atoms. The molecule has 1 saturated heterocycles. The number of likely N-dealkylation sites (tertiary alicyclic amines) is 1. The highest BCUT2D eigenvalue weighted by Crippen LogP contribution is 2.24. The van der Waals surface area contributed by atoms with E-state index in [0.29, 0.717) is 38.3 Å². The van der Waals surface area contributed by atoms with E-state index in [0.717, 1.165) is 36.5 Å². The Morgan fingerprint density at radius 1 is 0.868 bits per heavy atom. The number of amides is 1. The lowest BCUT2D eigenvalue weighted by Crippen LogP contribution is -2.29. The highest BCUT2D eigenvalue weighted by Gasteiger charge is 2.14. The summed E-state index contributed by atoms with van der Waals surface area (Å²) in [5.74, 6) is 0.728. The van der Waals surface area contributed by atoms with Gasteiger partial charge in [-0.15, -0.1) is 0 Å². The SMILES string of the molecule is O=C(NCc1cccc(CN2CCCCC2)c1)c1ccc2c(c1)Cc1cccc(c1)CNCCOCCO2. The van der Waals surface area contributed by atoms with Gasteiger partial charge in [-0.05, 0) is 71.9 Å². The molecule has 0 saturated carbocycles. The average Bonchev–Trinajstić information content (AvgIpc) is 2.94. The van der Waals surface area contributed by atoms with Gasteiger partial charge in [0.2, 0.25) is 0 Å². The summed E-state index contributed by atoms with van der Waals surface area (Å²) < 4.78 is 11.7. The van der Waals surface area contributed by atoms with E-state index >= 15 is 0 Å². The number of nitrogens with zero attached hydrogens (tertiary/aromatic N) is 1. The molecule has 1 amide bonds. The second-order valence-electron chi connectivity index (χ2n) is 10.3. The number of carbonyl (C=O) groups excluding carboxylic acids is 1. The number of nitrogens with one attached hydrogen (secondary N) is 2. The van der Waals surface area contributed by atoms with Crippen molar-refractivity contribution in [3.63, 3.8) is 0 Å². The first-order valence-corrected chi connectivity index (χ1v) is 13.9. The van der Waals surface area contributed by atoms with Gasteiger partial charge >= 0.3 is 0 Å². The van der Waals surface area contributed by atoms with Gasteiger partial charge in [0, 0.05) is 38.2 Å². The molecule has 1 fully saturated rings. The predicted molar refractivity (Wildman–Crippen MR) is 150 cm³/mol. The highest BCUT2D eigenvalue weighted by atomic mass is 16.5. The van der Waals surface area contributed by atoms with Crippen molar-refractivity contribution in [1.82, 2.24) is 15.5 Å².